The van der Waals surface area contributed by atoms with Gasteiger partial charge in [-0.25, -0.2) is 9.97 Å². The topological polar surface area (TPSA) is 86.0 Å². The molecule has 4 aromatic rings. The lowest BCUT2D eigenvalue weighted by molar-refractivity contribution is 0.0783. The molecule has 0 aliphatic carbocycles. The van der Waals surface area contributed by atoms with Crippen LogP contribution in [0.25, 0.3) is 11.2 Å². The Balaban J connectivity index is 1.52. The number of aromatic nitrogens is 5. The molecule has 4 heterocycles. The van der Waals surface area contributed by atoms with E-state index < -0.39 is 0 Å². The average molecular weight is 388 g/mol. The highest BCUT2D eigenvalue weighted by Crippen LogP contribution is 2.16. The highest BCUT2D eigenvalue weighted by molar-refractivity contribution is 5.96. The predicted molar refractivity (Wildman–Crippen MR) is 107 cm³/mol. The monoisotopic (exact) mass is 388 g/mol. The third-order valence-electron chi connectivity index (χ3n) is 4.53. The van der Waals surface area contributed by atoms with E-state index >= 15 is 0 Å². The van der Waals surface area contributed by atoms with Gasteiger partial charge in [-0.05, 0) is 24.3 Å². The summed E-state index contributed by atoms with van der Waals surface area (Å²) >= 11 is 0. The van der Waals surface area contributed by atoms with Crippen LogP contribution in [0, 0.1) is 0 Å². The van der Waals surface area contributed by atoms with Crippen molar-refractivity contribution in [2.24, 2.45) is 0 Å². The van der Waals surface area contributed by atoms with E-state index in [9.17, 15) is 4.79 Å². The summed E-state index contributed by atoms with van der Waals surface area (Å²) in [7, 11) is 3.33. The van der Waals surface area contributed by atoms with E-state index in [0.29, 0.717) is 35.6 Å². The number of rotatable bonds is 6. The molecule has 0 radical (unpaired) electrons. The highest BCUT2D eigenvalue weighted by Gasteiger charge is 2.16. The first-order chi connectivity index (χ1) is 14.1. The van der Waals surface area contributed by atoms with Crippen LogP contribution in [0.3, 0.4) is 0 Å². The fraction of sp³-hybridized carbons (Fsp3) is 0.190. The van der Waals surface area contributed by atoms with Crippen LogP contribution >= 0.6 is 0 Å². The Hall–Kier alpha value is -3.81. The number of fused-ring (bicyclic) bond motifs is 1. The van der Waals surface area contributed by atoms with Crippen LogP contribution in [-0.4, -0.2) is 49.5 Å². The summed E-state index contributed by atoms with van der Waals surface area (Å²) in [6.07, 6.45) is 6.71. The van der Waals surface area contributed by atoms with Crippen molar-refractivity contribution in [2.45, 2.75) is 13.1 Å². The molecule has 1 amide bonds. The van der Waals surface area contributed by atoms with Gasteiger partial charge in [-0.3, -0.25) is 14.8 Å². The first-order valence-electron chi connectivity index (χ1n) is 9.09. The number of hydrogen-bond acceptors (Lipinski definition) is 6. The van der Waals surface area contributed by atoms with Crippen molar-refractivity contribution in [2.75, 3.05) is 14.2 Å². The van der Waals surface area contributed by atoms with E-state index in [1.54, 1.807) is 56.1 Å². The molecule has 146 valence electrons. The first-order valence-corrected chi connectivity index (χ1v) is 9.09. The fourth-order valence-corrected chi connectivity index (χ4v) is 3.05. The smallest absolute Gasteiger partial charge is 0.255 e. The quantitative estimate of drug-likeness (QED) is 0.505. The van der Waals surface area contributed by atoms with Gasteiger partial charge in [0.05, 0.1) is 43.5 Å². The number of carbonyl (C=O) groups is 1. The van der Waals surface area contributed by atoms with Gasteiger partial charge < -0.3 is 14.2 Å². The summed E-state index contributed by atoms with van der Waals surface area (Å²) in [6, 6.07) is 11.1. The Bertz CT molecular complexity index is 1140. The van der Waals surface area contributed by atoms with Crippen LogP contribution in [0.2, 0.25) is 0 Å². The molecule has 8 nitrogen and oxygen atoms in total. The molecule has 0 aromatic carbocycles. The van der Waals surface area contributed by atoms with Crippen LogP contribution < -0.4 is 4.74 Å². The second-order valence-corrected chi connectivity index (χ2v) is 6.61. The molecule has 0 aliphatic rings. The number of imidazole rings is 1. The van der Waals surface area contributed by atoms with Gasteiger partial charge >= 0.3 is 0 Å². The zero-order valence-electron chi connectivity index (χ0n) is 16.2. The van der Waals surface area contributed by atoms with Crippen LogP contribution in [0.4, 0.5) is 0 Å². The minimum Gasteiger partial charge on any atom is -0.497 e. The standard InChI is InChI=1S/C21H20N6O2/c1-26(12-17-10-18(29-2)6-8-23-17)21(28)15-9-19-20(24-11-15)27(14-25-19)13-16-5-3-4-7-22-16/h3-11,14H,12-13H2,1-2H3. The van der Waals surface area contributed by atoms with Gasteiger partial charge in [-0.2, -0.15) is 0 Å². The number of methoxy groups -OCH3 is 1. The van der Waals surface area contributed by atoms with E-state index in [4.69, 9.17) is 4.74 Å². The molecule has 4 rings (SSSR count). The van der Waals surface area contributed by atoms with Crippen molar-refractivity contribution >= 4 is 17.1 Å². The second kappa shape index (κ2) is 8.05. The molecule has 0 atom stereocenters. The lowest BCUT2D eigenvalue weighted by atomic mass is 10.2. The molecule has 0 saturated carbocycles. The van der Waals surface area contributed by atoms with Gasteiger partial charge in [-0.1, -0.05) is 6.07 Å². The van der Waals surface area contributed by atoms with Crippen molar-refractivity contribution in [3.05, 3.63) is 78.3 Å². The number of hydrogen-bond donors (Lipinski definition) is 0. The predicted octanol–water partition coefficient (Wildman–Crippen LogP) is 2.55. The number of carbonyl (C=O) groups excluding carboxylic acids is 1. The maximum absolute atomic E-state index is 12.8. The molecule has 0 unspecified atom stereocenters. The van der Waals surface area contributed by atoms with Gasteiger partial charge in [0, 0.05) is 31.7 Å². The van der Waals surface area contributed by atoms with Crippen molar-refractivity contribution in [1.82, 2.24) is 29.4 Å². The van der Waals surface area contributed by atoms with Crippen LogP contribution in [0.1, 0.15) is 21.7 Å². The number of amides is 1. The minimum absolute atomic E-state index is 0.150. The SMILES string of the molecule is COc1ccnc(CN(C)C(=O)c2cnc3c(c2)ncn3Cc2ccccn2)c1. The Kier molecular flexibility index (Phi) is 5.15. The summed E-state index contributed by atoms with van der Waals surface area (Å²) in [5.74, 6) is 0.556. The molecular formula is C21H20N6O2. The summed E-state index contributed by atoms with van der Waals surface area (Å²) in [6.45, 7) is 0.932. The van der Waals surface area contributed by atoms with Crippen molar-refractivity contribution in [3.63, 3.8) is 0 Å². The second-order valence-electron chi connectivity index (χ2n) is 6.61. The highest BCUT2D eigenvalue weighted by atomic mass is 16.5. The Morgan fingerprint density at radius 3 is 2.72 bits per heavy atom. The fourth-order valence-electron chi connectivity index (χ4n) is 3.05. The van der Waals surface area contributed by atoms with E-state index in [1.807, 2.05) is 28.8 Å². The summed E-state index contributed by atoms with van der Waals surface area (Å²) < 4.78 is 7.12. The minimum atomic E-state index is -0.150. The Morgan fingerprint density at radius 2 is 1.93 bits per heavy atom. The lowest BCUT2D eigenvalue weighted by Gasteiger charge is -2.17. The average Bonchev–Trinajstić information content (AvgIpc) is 3.16. The largest absolute Gasteiger partial charge is 0.497 e. The molecule has 0 aliphatic heterocycles. The molecule has 4 aromatic heterocycles. The number of pyridine rings is 3. The van der Waals surface area contributed by atoms with Crippen molar-refractivity contribution in [3.8, 4) is 5.75 Å². The van der Waals surface area contributed by atoms with Crippen molar-refractivity contribution < 1.29 is 9.53 Å². The van der Waals surface area contributed by atoms with E-state index in [2.05, 4.69) is 19.9 Å². The maximum Gasteiger partial charge on any atom is 0.255 e. The van der Waals surface area contributed by atoms with Gasteiger partial charge in [0.1, 0.15) is 11.3 Å². The summed E-state index contributed by atoms with van der Waals surface area (Å²) in [5, 5.41) is 0. The van der Waals surface area contributed by atoms with Crippen LogP contribution in [-0.2, 0) is 13.1 Å². The zero-order chi connectivity index (χ0) is 20.2. The molecule has 8 heteroatoms. The third kappa shape index (κ3) is 4.06. The number of nitrogens with zero attached hydrogens (tertiary/aromatic N) is 6. The van der Waals surface area contributed by atoms with E-state index in [-0.39, 0.29) is 5.91 Å². The maximum atomic E-state index is 12.8. The molecular weight excluding hydrogens is 368 g/mol. The zero-order valence-corrected chi connectivity index (χ0v) is 16.2. The van der Waals surface area contributed by atoms with Crippen LogP contribution in [0.15, 0.2) is 61.3 Å². The van der Waals surface area contributed by atoms with Gasteiger partial charge in [0.25, 0.3) is 5.91 Å². The molecule has 0 bridgehead atoms. The van der Waals surface area contributed by atoms with Gasteiger partial charge in [-0.15, -0.1) is 0 Å². The molecule has 29 heavy (non-hydrogen) atoms. The third-order valence-corrected chi connectivity index (χ3v) is 4.53. The summed E-state index contributed by atoms with van der Waals surface area (Å²) in [5.41, 5.74) is 3.52. The van der Waals surface area contributed by atoms with E-state index in [1.165, 1.54) is 0 Å². The molecule has 0 N–H and O–H groups in total. The Labute approximate surface area is 167 Å². The van der Waals surface area contributed by atoms with Gasteiger partial charge in [0.2, 0.25) is 0 Å². The first kappa shape index (κ1) is 18.5. The molecule has 0 fully saturated rings. The van der Waals surface area contributed by atoms with Crippen molar-refractivity contribution in [1.29, 1.82) is 0 Å². The molecule has 0 saturated heterocycles. The number of ether oxygens (including phenoxy) is 1. The Morgan fingerprint density at radius 1 is 1.07 bits per heavy atom. The van der Waals surface area contributed by atoms with E-state index in [0.717, 1.165) is 11.4 Å². The van der Waals surface area contributed by atoms with Crippen LogP contribution in [0.5, 0.6) is 5.75 Å². The lowest BCUT2D eigenvalue weighted by Crippen LogP contribution is -2.26. The molecule has 0 spiro atoms. The summed E-state index contributed by atoms with van der Waals surface area (Å²) in [4.78, 5) is 31.9. The van der Waals surface area contributed by atoms with Gasteiger partial charge in [0.15, 0.2) is 5.65 Å². The normalized spacial score (nSPS) is 10.8.